The quantitative estimate of drug-likeness (QED) is 0.643. The van der Waals surface area contributed by atoms with Crippen molar-refractivity contribution in [1.29, 1.82) is 0 Å². The van der Waals surface area contributed by atoms with Gasteiger partial charge in [0.1, 0.15) is 6.61 Å². The smallest absolute Gasteiger partial charge is 0.235 e. The molecule has 0 saturated carbocycles. The van der Waals surface area contributed by atoms with E-state index in [9.17, 15) is 4.79 Å². The Kier molecular flexibility index (Phi) is 6.80. The van der Waals surface area contributed by atoms with E-state index in [1.54, 1.807) is 0 Å². The predicted molar refractivity (Wildman–Crippen MR) is 76.0 cm³/mol. The minimum absolute atomic E-state index is 0.241. The third kappa shape index (κ3) is 4.80. The SMILES string of the molecule is CCON=C1CC(C(N)=O)N(CCN(CC)CC)C1. The molecule has 19 heavy (non-hydrogen) atoms. The first kappa shape index (κ1) is 15.9. The zero-order valence-electron chi connectivity index (χ0n) is 12.3. The molecule has 1 saturated heterocycles. The lowest BCUT2D eigenvalue weighted by Crippen LogP contribution is -2.43. The van der Waals surface area contributed by atoms with Gasteiger partial charge in [-0.3, -0.25) is 9.69 Å². The second-order valence-electron chi connectivity index (χ2n) is 4.69. The number of carbonyl (C=O) groups excluding carboxylic acids is 1. The van der Waals surface area contributed by atoms with Crippen molar-refractivity contribution >= 4 is 11.6 Å². The summed E-state index contributed by atoms with van der Waals surface area (Å²) in [5.41, 5.74) is 6.37. The van der Waals surface area contributed by atoms with Gasteiger partial charge in [-0.1, -0.05) is 19.0 Å². The van der Waals surface area contributed by atoms with Gasteiger partial charge < -0.3 is 15.5 Å². The number of hydrogen-bond donors (Lipinski definition) is 1. The van der Waals surface area contributed by atoms with Crippen LogP contribution >= 0.6 is 0 Å². The predicted octanol–water partition coefficient (Wildman–Crippen LogP) is 0.280. The number of likely N-dealkylation sites (tertiary alicyclic amines) is 1. The summed E-state index contributed by atoms with van der Waals surface area (Å²) in [4.78, 5) is 21.0. The van der Waals surface area contributed by atoms with Gasteiger partial charge in [-0.2, -0.15) is 0 Å². The number of carbonyl (C=O) groups is 1. The first-order chi connectivity index (χ1) is 9.12. The zero-order chi connectivity index (χ0) is 14.3. The number of oxime groups is 1. The molecule has 110 valence electrons. The van der Waals surface area contributed by atoms with Gasteiger partial charge in [0.05, 0.1) is 11.8 Å². The summed E-state index contributed by atoms with van der Waals surface area (Å²) >= 11 is 0. The van der Waals surface area contributed by atoms with Crippen LogP contribution in [0.15, 0.2) is 5.16 Å². The standard InChI is InChI=1S/C13H26N4O2/c1-4-16(5-2)7-8-17-10-11(15-19-6-3)9-12(17)13(14)18/h12H,4-10H2,1-3H3,(H2,14,18). The monoisotopic (exact) mass is 270 g/mol. The molecule has 6 nitrogen and oxygen atoms in total. The summed E-state index contributed by atoms with van der Waals surface area (Å²) in [5, 5.41) is 4.05. The Hall–Kier alpha value is -1.14. The molecule has 0 bridgehead atoms. The lowest BCUT2D eigenvalue weighted by atomic mass is 10.2. The van der Waals surface area contributed by atoms with E-state index in [-0.39, 0.29) is 11.9 Å². The fraction of sp³-hybridized carbons (Fsp3) is 0.846. The van der Waals surface area contributed by atoms with Crippen molar-refractivity contribution in [2.75, 3.05) is 39.3 Å². The van der Waals surface area contributed by atoms with Crippen LogP contribution in [0, 0.1) is 0 Å². The summed E-state index contributed by atoms with van der Waals surface area (Å²) in [6.45, 7) is 11.2. The van der Waals surface area contributed by atoms with Gasteiger partial charge in [-0.15, -0.1) is 0 Å². The van der Waals surface area contributed by atoms with Crippen molar-refractivity contribution in [3.8, 4) is 0 Å². The van der Waals surface area contributed by atoms with Crippen molar-refractivity contribution in [3.63, 3.8) is 0 Å². The largest absolute Gasteiger partial charge is 0.396 e. The molecular formula is C13H26N4O2. The van der Waals surface area contributed by atoms with E-state index >= 15 is 0 Å². The lowest BCUT2D eigenvalue weighted by Gasteiger charge is -2.25. The second-order valence-corrected chi connectivity index (χ2v) is 4.69. The summed E-state index contributed by atoms with van der Waals surface area (Å²) in [6, 6.07) is -0.241. The Labute approximate surface area is 115 Å². The molecule has 1 fully saturated rings. The van der Waals surface area contributed by atoms with E-state index in [0.29, 0.717) is 19.6 Å². The lowest BCUT2D eigenvalue weighted by molar-refractivity contribution is -0.122. The molecule has 6 heteroatoms. The van der Waals surface area contributed by atoms with E-state index in [1.807, 2.05) is 6.92 Å². The fourth-order valence-electron chi connectivity index (χ4n) is 2.31. The van der Waals surface area contributed by atoms with Crippen LogP contribution in [-0.2, 0) is 9.63 Å². The third-order valence-corrected chi connectivity index (χ3v) is 3.50. The van der Waals surface area contributed by atoms with Crippen molar-refractivity contribution in [2.24, 2.45) is 10.9 Å². The van der Waals surface area contributed by atoms with Gasteiger partial charge in [0, 0.05) is 26.1 Å². The fourth-order valence-corrected chi connectivity index (χ4v) is 2.31. The first-order valence-electron chi connectivity index (χ1n) is 7.05. The molecule has 0 aromatic rings. The summed E-state index contributed by atoms with van der Waals surface area (Å²) in [7, 11) is 0. The molecule has 1 unspecified atom stereocenters. The molecule has 1 aliphatic heterocycles. The number of primary amides is 1. The molecule has 0 aromatic carbocycles. The summed E-state index contributed by atoms with van der Waals surface area (Å²) < 4.78 is 0. The summed E-state index contributed by atoms with van der Waals surface area (Å²) in [6.07, 6.45) is 0.591. The topological polar surface area (TPSA) is 71.2 Å². The van der Waals surface area contributed by atoms with Crippen LogP contribution in [-0.4, -0.2) is 66.8 Å². The number of nitrogens with zero attached hydrogens (tertiary/aromatic N) is 3. The molecule has 1 rings (SSSR count). The Morgan fingerprint density at radius 2 is 2.16 bits per heavy atom. The average Bonchev–Trinajstić information content (AvgIpc) is 2.81. The molecule has 1 heterocycles. The minimum atomic E-state index is -0.277. The number of likely N-dealkylation sites (N-methyl/N-ethyl adjacent to an activating group) is 1. The van der Waals surface area contributed by atoms with Crippen molar-refractivity contribution in [2.45, 2.75) is 33.2 Å². The number of nitrogens with two attached hydrogens (primary N) is 1. The van der Waals surface area contributed by atoms with Gasteiger partial charge in [0.25, 0.3) is 0 Å². The Bertz CT molecular complexity index is 316. The normalized spacial score (nSPS) is 22.3. The van der Waals surface area contributed by atoms with Crippen LogP contribution < -0.4 is 5.73 Å². The number of rotatable bonds is 8. The van der Waals surface area contributed by atoms with Crippen molar-refractivity contribution in [1.82, 2.24) is 9.80 Å². The second kappa shape index (κ2) is 8.12. The van der Waals surface area contributed by atoms with Crippen LogP contribution in [0.2, 0.25) is 0 Å². The molecule has 0 aliphatic carbocycles. The van der Waals surface area contributed by atoms with Gasteiger partial charge >= 0.3 is 0 Å². The summed E-state index contributed by atoms with van der Waals surface area (Å²) in [5.74, 6) is -0.277. The maximum Gasteiger partial charge on any atom is 0.235 e. The maximum absolute atomic E-state index is 11.5. The van der Waals surface area contributed by atoms with E-state index in [2.05, 4.69) is 28.8 Å². The minimum Gasteiger partial charge on any atom is -0.396 e. The van der Waals surface area contributed by atoms with E-state index in [4.69, 9.17) is 10.6 Å². The Balaban J connectivity index is 2.56. The third-order valence-electron chi connectivity index (χ3n) is 3.50. The molecule has 0 spiro atoms. The van der Waals surface area contributed by atoms with E-state index in [0.717, 1.165) is 31.9 Å². The first-order valence-corrected chi connectivity index (χ1v) is 7.05. The molecule has 0 radical (unpaired) electrons. The highest BCUT2D eigenvalue weighted by atomic mass is 16.6. The maximum atomic E-state index is 11.5. The number of hydrogen-bond acceptors (Lipinski definition) is 5. The molecule has 2 N–H and O–H groups in total. The molecule has 1 aliphatic rings. The highest BCUT2D eigenvalue weighted by Crippen LogP contribution is 2.15. The van der Waals surface area contributed by atoms with Crippen LogP contribution in [0.4, 0.5) is 0 Å². The van der Waals surface area contributed by atoms with Crippen molar-refractivity contribution < 1.29 is 9.63 Å². The average molecular weight is 270 g/mol. The van der Waals surface area contributed by atoms with Crippen LogP contribution in [0.25, 0.3) is 0 Å². The molecular weight excluding hydrogens is 244 g/mol. The van der Waals surface area contributed by atoms with E-state index in [1.165, 1.54) is 0 Å². The highest BCUT2D eigenvalue weighted by Gasteiger charge is 2.33. The van der Waals surface area contributed by atoms with Crippen LogP contribution in [0.1, 0.15) is 27.2 Å². The Morgan fingerprint density at radius 1 is 1.47 bits per heavy atom. The highest BCUT2D eigenvalue weighted by molar-refractivity contribution is 5.95. The molecule has 1 atom stereocenters. The van der Waals surface area contributed by atoms with Crippen LogP contribution in [0.3, 0.4) is 0 Å². The van der Waals surface area contributed by atoms with Gasteiger partial charge in [-0.05, 0) is 20.0 Å². The van der Waals surface area contributed by atoms with Crippen LogP contribution in [0.5, 0.6) is 0 Å². The Morgan fingerprint density at radius 3 is 2.68 bits per heavy atom. The van der Waals surface area contributed by atoms with Gasteiger partial charge in [-0.25, -0.2) is 0 Å². The van der Waals surface area contributed by atoms with Gasteiger partial charge in [0.15, 0.2) is 0 Å². The number of amides is 1. The molecule has 1 amide bonds. The van der Waals surface area contributed by atoms with Crippen molar-refractivity contribution in [3.05, 3.63) is 0 Å². The molecule has 0 aromatic heterocycles. The van der Waals surface area contributed by atoms with Gasteiger partial charge in [0.2, 0.25) is 5.91 Å². The zero-order valence-corrected chi connectivity index (χ0v) is 12.3. The van der Waals surface area contributed by atoms with E-state index < -0.39 is 0 Å².